The predicted octanol–water partition coefficient (Wildman–Crippen LogP) is 4.05. The Morgan fingerprint density at radius 3 is 2.84 bits per heavy atom. The summed E-state index contributed by atoms with van der Waals surface area (Å²) in [6, 6.07) is 7.22. The van der Waals surface area contributed by atoms with Gasteiger partial charge in [0.1, 0.15) is 6.04 Å². The molecular weight excluding hydrogens is 406 g/mol. The van der Waals surface area contributed by atoms with Crippen LogP contribution < -0.4 is 5.32 Å². The zero-order valence-electron chi connectivity index (χ0n) is 13.8. The molecule has 0 saturated heterocycles. The molecule has 2 aromatic heterocycles. The first-order valence-electron chi connectivity index (χ1n) is 7.71. The highest BCUT2D eigenvalue weighted by atomic mass is 79.9. The lowest BCUT2D eigenvalue weighted by atomic mass is 10.2. The molecule has 1 amide bonds. The molecule has 3 rings (SSSR count). The first-order chi connectivity index (χ1) is 11.9. The fourth-order valence-electron chi connectivity index (χ4n) is 2.38. The fourth-order valence-corrected chi connectivity index (χ4v) is 2.85. The zero-order chi connectivity index (χ0) is 18.0. The Balaban J connectivity index is 1.69. The van der Waals surface area contributed by atoms with Crippen LogP contribution >= 0.6 is 27.5 Å². The minimum Gasteiger partial charge on any atom is -0.324 e. The van der Waals surface area contributed by atoms with E-state index < -0.39 is 6.04 Å². The fraction of sp³-hybridized carbons (Fsp3) is 0.235. The summed E-state index contributed by atoms with van der Waals surface area (Å²) in [6.07, 6.45) is 5.30. The number of nitrogens with zero attached hydrogens (tertiary/aromatic N) is 4. The summed E-state index contributed by atoms with van der Waals surface area (Å²) < 4.78 is 4.32. The van der Waals surface area contributed by atoms with Crippen molar-refractivity contribution in [2.24, 2.45) is 0 Å². The Kier molecular flexibility index (Phi) is 5.24. The van der Waals surface area contributed by atoms with Gasteiger partial charge in [-0.2, -0.15) is 10.2 Å². The number of anilines is 1. The highest BCUT2D eigenvalue weighted by Crippen LogP contribution is 2.18. The van der Waals surface area contributed by atoms with Crippen LogP contribution in [0.5, 0.6) is 0 Å². The maximum Gasteiger partial charge on any atom is 0.248 e. The van der Waals surface area contributed by atoms with Crippen LogP contribution in [0.25, 0.3) is 0 Å². The molecule has 1 unspecified atom stereocenters. The van der Waals surface area contributed by atoms with Crippen molar-refractivity contribution in [1.82, 2.24) is 19.6 Å². The van der Waals surface area contributed by atoms with E-state index in [0.717, 1.165) is 15.7 Å². The maximum absolute atomic E-state index is 12.5. The van der Waals surface area contributed by atoms with Crippen molar-refractivity contribution in [3.8, 4) is 0 Å². The molecule has 8 heteroatoms. The number of aryl methyl sites for hydroxylation is 1. The number of carbonyl (C=O) groups excluding carboxylic acids is 1. The van der Waals surface area contributed by atoms with Gasteiger partial charge in [-0.1, -0.05) is 23.7 Å². The molecule has 0 aliphatic heterocycles. The van der Waals surface area contributed by atoms with Crippen molar-refractivity contribution in [3.05, 3.63) is 63.6 Å². The van der Waals surface area contributed by atoms with Crippen molar-refractivity contribution in [2.45, 2.75) is 26.4 Å². The molecule has 3 aromatic rings. The third-order valence-corrected chi connectivity index (χ3v) is 4.55. The molecule has 0 saturated carbocycles. The van der Waals surface area contributed by atoms with Crippen molar-refractivity contribution in [3.63, 3.8) is 0 Å². The average Bonchev–Trinajstić information content (AvgIpc) is 3.12. The van der Waals surface area contributed by atoms with Gasteiger partial charge < -0.3 is 5.32 Å². The van der Waals surface area contributed by atoms with Crippen molar-refractivity contribution < 1.29 is 4.79 Å². The highest BCUT2D eigenvalue weighted by molar-refractivity contribution is 9.10. The first kappa shape index (κ1) is 17.7. The van der Waals surface area contributed by atoms with E-state index in [1.54, 1.807) is 30.9 Å². The van der Waals surface area contributed by atoms with Crippen LogP contribution in [0.2, 0.25) is 5.02 Å². The maximum atomic E-state index is 12.5. The molecule has 25 heavy (non-hydrogen) atoms. The second kappa shape index (κ2) is 7.41. The van der Waals surface area contributed by atoms with Gasteiger partial charge in [0.15, 0.2) is 0 Å². The summed E-state index contributed by atoms with van der Waals surface area (Å²) >= 11 is 9.39. The van der Waals surface area contributed by atoms with Crippen LogP contribution in [0.1, 0.15) is 24.2 Å². The van der Waals surface area contributed by atoms with Crippen molar-refractivity contribution in [2.75, 3.05) is 5.32 Å². The van der Waals surface area contributed by atoms with E-state index in [2.05, 4.69) is 31.4 Å². The normalized spacial score (nSPS) is 12.2. The molecule has 0 radical (unpaired) electrons. The number of hydrogen-bond donors (Lipinski definition) is 1. The lowest BCUT2D eigenvalue weighted by Crippen LogP contribution is -2.24. The van der Waals surface area contributed by atoms with E-state index in [9.17, 15) is 4.79 Å². The number of rotatable bonds is 5. The van der Waals surface area contributed by atoms with Gasteiger partial charge >= 0.3 is 0 Å². The molecule has 0 aliphatic rings. The first-order valence-corrected chi connectivity index (χ1v) is 8.88. The molecule has 1 N–H and O–H groups in total. The second-order valence-corrected chi connectivity index (χ2v) is 7.09. The van der Waals surface area contributed by atoms with Crippen molar-refractivity contribution in [1.29, 1.82) is 0 Å². The number of hydrogen-bond acceptors (Lipinski definition) is 3. The Morgan fingerprint density at radius 2 is 2.20 bits per heavy atom. The van der Waals surface area contributed by atoms with Gasteiger partial charge in [0.05, 0.1) is 27.9 Å². The summed E-state index contributed by atoms with van der Waals surface area (Å²) in [5, 5.41) is 12.0. The Morgan fingerprint density at radius 1 is 1.40 bits per heavy atom. The van der Waals surface area contributed by atoms with Gasteiger partial charge in [-0.05, 0) is 47.5 Å². The van der Waals surface area contributed by atoms with Crippen molar-refractivity contribution >= 4 is 39.1 Å². The Bertz CT molecular complexity index is 885. The number of carbonyl (C=O) groups is 1. The molecule has 6 nitrogen and oxygen atoms in total. The van der Waals surface area contributed by atoms with Gasteiger partial charge in [-0.15, -0.1) is 0 Å². The molecule has 0 spiro atoms. The minimum absolute atomic E-state index is 0.154. The lowest BCUT2D eigenvalue weighted by molar-refractivity contribution is -0.119. The summed E-state index contributed by atoms with van der Waals surface area (Å²) in [4.78, 5) is 12.5. The zero-order valence-corrected chi connectivity index (χ0v) is 16.1. The summed E-state index contributed by atoms with van der Waals surface area (Å²) in [7, 11) is 0. The van der Waals surface area contributed by atoms with E-state index in [1.807, 2.05) is 35.1 Å². The third kappa shape index (κ3) is 4.29. The topological polar surface area (TPSA) is 64.7 Å². The summed E-state index contributed by atoms with van der Waals surface area (Å²) in [5.74, 6) is -0.154. The van der Waals surface area contributed by atoms with Crippen LogP contribution in [0, 0.1) is 6.92 Å². The molecule has 130 valence electrons. The third-order valence-electron chi connectivity index (χ3n) is 3.77. The molecule has 1 aromatic carbocycles. The van der Waals surface area contributed by atoms with E-state index in [4.69, 9.17) is 11.6 Å². The quantitative estimate of drug-likeness (QED) is 0.674. The average molecular weight is 423 g/mol. The summed E-state index contributed by atoms with van der Waals surface area (Å²) in [6.45, 7) is 4.21. The van der Waals surface area contributed by atoms with Gasteiger partial charge in [0, 0.05) is 18.1 Å². The summed E-state index contributed by atoms with van der Waals surface area (Å²) in [5.41, 5.74) is 2.48. The number of amides is 1. The van der Waals surface area contributed by atoms with E-state index in [1.165, 1.54) is 0 Å². The largest absolute Gasteiger partial charge is 0.324 e. The number of halogens is 2. The second-order valence-electron chi connectivity index (χ2n) is 5.76. The van der Waals surface area contributed by atoms with Gasteiger partial charge in [-0.3, -0.25) is 14.2 Å². The van der Waals surface area contributed by atoms with Crippen LogP contribution in [0.15, 0.2) is 47.3 Å². The molecule has 0 aliphatic carbocycles. The molecule has 1 atom stereocenters. The van der Waals surface area contributed by atoms with E-state index >= 15 is 0 Å². The number of benzene rings is 1. The smallest absolute Gasteiger partial charge is 0.248 e. The number of aromatic nitrogens is 4. The highest BCUT2D eigenvalue weighted by Gasteiger charge is 2.17. The molecular formula is C17H17BrClN5O. The van der Waals surface area contributed by atoms with Gasteiger partial charge in [0.25, 0.3) is 0 Å². The lowest BCUT2D eigenvalue weighted by Gasteiger charge is -2.13. The SMILES string of the molecule is Cc1nn(C(C)C(=O)Nc2cccc(Cn3cc(Br)cn3)c2)cc1Cl. The van der Waals surface area contributed by atoms with Crippen LogP contribution in [-0.2, 0) is 11.3 Å². The van der Waals surface area contributed by atoms with E-state index in [-0.39, 0.29) is 5.91 Å². The monoisotopic (exact) mass is 421 g/mol. The molecule has 2 heterocycles. The van der Waals surface area contributed by atoms with Crippen LogP contribution in [0.3, 0.4) is 0 Å². The van der Waals surface area contributed by atoms with Gasteiger partial charge in [0.2, 0.25) is 5.91 Å². The minimum atomic E-state index is -0.461. The Labute approximate surface area is 158 Å². The standard InChI is InChI=1S/C17H17BrClN5O/c1-11-16(19)10-24(22-11)12(2)17(25)21-15-5-3-4-13(6-15)8-23-9-14(18)7-20-23/h3-7,9-10,12H,8H2,1-2H3,(H,21,25). The predicted molar refractivity (Wildman–Crippen MR) is 101 cm³/mol. The number of nitrogens with one attached hydrogen (secondary N) is 1. The Hall–Kier alpha value is -2.12. The van der Waals surface area contributed by atoms with Gasteiger partial charge in [-0.25, -0.2) is 0 Å². The molecule has 0 fully saturated rings. The van der Waals surface area contributed by atoms with Crippen LogP contribution in [0.4, 0.5) is 5.69 Å². The molecule has 0 bridgehead atoms. The van der Waals surface area contributed by atoms with Crippen LogP contribution in [-0.4, -0.2) is 25.5 Å². The van der Waals surface area contributed by atoms with E-state index in [0.29, 0.717) is 17.3 Å².